The molecule has 1 saturated heterocycles. The number of methoxy groups -OCH3 is 1. The number of halogens is 1. The van der Waals surface area contributed by atoms with Gasteiger partial charge in [-0.05, 0) is 37.2 Å². The van der Waals surface area contributed by atoms with Crippen LogP contribution in [0.4, 0.5) is 10.1 Å². The molecule has 4 nitrogen and oxygen atoms in total. The molecule has 1 aliphatic rings. The molecule has 1 N–H and O–H groups in total. The van der Waals surface area contributed by atoms with Gasteiger partial charge in [-0.15, -0.1) is 0 Å². The van der Waals surface area contributed by atoms with Gasteiger partial charge in [-0.2, -0.15) is 0 Å². The van der Waals surface area contributed by atoms with Crippen LogP contribution in [0.3, 0.4) is 0 Å². The number of hydrogen-bond acceptors (Lipinski definition) is 4. The van der Waals surface area contributed by atoms with E-state index in [0.717, 1.165) is 31.7 Å². The quantitative estimate of drug-likeness (QED) is 0.843. The molecule has 1 heterocycles. The van der Waals surface area contributed by atoms with Crippen molar-refractivity contribution in [2.75, 3.05) is 31.6 Å². The average Bonchev–Trinajstić information content (AvgIpc) is 2.65. The maximum absolute atomic E-state index is 13.0. The van der Waals surface area contributed by atoms with Crippen LogP contribution in [0.25, 0.3) is 0 Å². The zero-order chi connectivity index (χ0) is 13.7. The molecule has 1 unspecified atom stereocenters. The molecular weight excluding hydrogens is 247 g/mol. The van der Waals surface area contributed by atoms with Gasteiger partial charge in [0.05, 0.1) is 19.6 Å². The minimum absolute atomic E-state index is 0.0420. The van der Waals surface area contributed by atoms with E-state index in [-0.39, 0.29) is 17.8 Å². The zero-order valence-corrected chi connectivity index (χ0v) is 11.1. The molecule has 0 bridgehead atoms. The molecule has 19 heavy (non-hydrogen) atoms. The summed E-state index contributed by atoms with van der Waals surface area (Å²) in [4.78, 5) is 13.6. The van der Waals surface area contributed by atoms with Gasteiger partial charge < -0.3 is 15.0 Å². The number of ether oxygens (including phenoxy) is 1. The Hall–Kier alpha value is -1.62. The van der Waals surface area contributed by atoms with Gasteiger partial charge in [-0.1, -0.05) is 0 Å². The van der Waals surface area contributed by atoms with Gasteiger partial charge in [-0.25, -0.2) is 4.39 Å². The van der Waals surface area contributed by atoms with E-state index in [1.807, 2.05) is 0 Å². The second-order valence-electron chi connectivity index (χ2n) is 4.66. The van der Waals surface area contributed by atoms with Crippen molar-refractivity contribution in [3.8, 4) is 0 Å². The van der Waals surface area contributed by atoms with Crippen molar-refractivity contribution >= 4 is 11.7 Å². The van der Waals surface area contributed by atoms with Crippen LogP contribution in [0.2, 0.25) is 0 Å². The smallest absolute Gasteiger partial charge is 0.307 e. The summed E-state index contributed by atoms with van der Waals surface area (Å²) < 4.78 is 17.7. The van der Waals surface area contributed by atoms with Crippen molar-refractivity contribution in [1.29, 1.82) is 0 Å². The maximum Gasteiger partial charge on any atom is 0.307 e. The van der Waals surface area contributed by atoms with E-state index in [0.29, 0.717) is 6.42 Å². The van der Waals surface area contributed by atoms with Gasteiger partial charge in [0, 0.05) is 18.8 Å². The Morgan fingerprint density at radius 2 is 2.21 bits per heavy atom. The number of carbonyl (C=O) groups excluding carboxylic acids is 1. The minimum atomic E-state index is -0.249. The third-order valence-electron chi connectivity index (χ3n) is 3.36. The van der Waals surface area contributed by atoms with Crippen molar-refractivity contribution in [2.45, 2.75) is 18.9 Å². The summed E-state index contributed by atoms with van der Waals surface area (Å²) in [6, 6.07) is 6.45. The number of nitrogens with one attached hydrogen (secondary N) is 1. The predicted molar refractivity (Wildman–Crippen MR) is 71.7 cm³/mol. The van der Waals surface area contributed by atoms with Crippen molar-refractivity contribution in [1.82, 2.24) is 5.32 Å². The fourth-order valence-electron chi connectivity index (χ4n) is 2.37. The lowest BCUT2D eigenvalue weighted by molar-refractivity contribution is -0.141. The van der Waals surface area contributed by atoms with Gasteiger partial charge in [-0.3, -0.25) is 4.79 Å². The van der Waals surface area contributed by atoms with Crippen LogP contribution in [0.15, 0.2) is 24.3 Å². The highest BCUT2D eigenvalue weighted by Gasteiger charge is 2.24. The Kier molecular flexibility index (Phi) is 4.74. The third-order valence-corrected chi connectivity index (χ3v) is 3.36. The van der Waals surface area contributed by atoms with Gasteiger partial charge in [0.15, 0.2) is 0 Å². The Bertz CT molecular complexity index is 422. The first-order valence-electron chi connectivity index (χ1n) is 6.50. The molecule has 0 amide bonds. The summed E-state index contributed by atoms with van der Waals surface area (Å²) >= 11 is 0. The fourth-order valence-corrected chi connectivity index (χ4v) is 2.37. The van der Waals surface area contributed by atoms with E-state index in [4.69, 9.17) is 4.74 Å². The van der Waals surface area contributed by atoms with Crippen molar-refractivity contribution in [3.63, 3.8) is 0 Å². The highest BCUT2D eigenvalue weighted by atomic mass is 19.1. The molecule has 1 fully saturated rings. The Morgan fingerprint density at radius 1 is 1.47 bits per heavy atom. The minimum Gasteiger partial charge on any atom is -0.469 e. The van der Waals surface area contributed by atoms with E-state index in [1.165, 1.54) is 19.2 Å². The third kappa shape index (κ3) is 3.67. The lowest BCUT2D eigenvalue weighted by atomic mass is 10.1. The Morgan fingerprint density at radius 3 is 2.89 bits per heavy atom. The first-order valence-corrected chi connectivity index (χ1v) is 6.50. The highest BCUT2D eigenvalue weighted by molar-refractivity contribution is 5.71. The summed E-state index contributed by atoms with van der Waals surface area (Å²) in [6.07, 6.45) is 1.33. The van der Waals surface area contributed by atoms with Crippen molar-refractivity contribution < 1.29 is 13.9 Å². The number of anilines is 1. The van der Waals surface area contributed by atoms with Crippen LogP contribution in [0.5, 0.6) is 0 Å². The molecule has 1 aromatic carbocycles. The number of esters is 1. The molecule has 0 saturated carbocycles. The van der Waals surface area contributed by atoms with Gasteiger partial charge in [0.2, 0.25) is 0 Å². The van der Waals surface area contributed by atoms with Crippen LogP contribution < -0.4 is 10.2 Å². The molecule has 0 spiro atoms. The van der Waals surface area contributed by atoms with E-state index in [2.05, 4.69) is 10.2 Å². The van der Waals surface area contributed by atoms with Gasteiger partial charge in [0.1, 0.15) is 5.82 Å². The lowest BCUT2D eigenvalue weighted by Gasteiger charge is -2.31. The maximum atomic E-state index is 13.0. The molecular formula is C14H19FN2O2. The average molecular weight is 266 g/mol. The summed E-state index contributed by atoms with van der Waals surface area (Å²) in [6.45, 7) is 2.50. The van der Waals surface area contributed by atoms with Gasteiger partial charge in [0.25, 0.3) is 0 Å². The highest BCUT2D eigenvalue weighted by Crippen LogP contribution is 2.21. The Labute approximate surface area is 112 Å². The number of benzene rings is 1. The molecule has 5 heteroatoms. The molecule has 2 rings (SSSR count). The van der Waals surface area contributed by atoms with Crippen molar-refractivity contribution in [3.05, 3.63) is 30.1 Å². The van der Waals surface area contributed by atoms with Crippen molar-refractivity contribution in [2.24, 2.45) is 0 Å². The van der Waals surface area contributed by atoms with E-state index >= 15 is 0 Å². The monoisotopic (exact) mass is 266 g/mol. The molecule has 104 valence electrons. The largest absolute Gasteiger partial charge is 0.469 e. The first-order chi connectivity index (χ1) is 9.20. The molecule has 1 atom stereocenters. The SMILES string of the molecule is COC(=O)CC1CNCCCN1c1ccc(F)cc1. The summed E-state index contributed by atoms with van der Waals surface area (Å²) in [5.74, 6) is -0.470. The van der Waals surface area contributed by atoms with Crippen LogP contribution in [-0.4, -0.2) is 38.8 Å². The standard InChI is InChI=1S/C14H19FN2O2/c1-19-14(18)9-13-10-16-7-2-8-17(13)12-5-3-11(15)4-6-12/h3-6,13,16H,2,7-10H2,1H3. The zero-order valence-electron chi connectivity index (χ0n) is 11.1. The second-order valence-corrected chi connectivity index (χ2v) is 4.66. The fraction of sp³-hybridized carbons (Fsp3) is 0.500. The summed E-state index contributed by atoms with van der Waals surface area (Å²) in [7, 11) is 1.40. The van der Waals surface area contributed by atoms with E-state index in [9.17, 15) is 9.18 Å². The van der Waals surface area contributed by atoms with Crippen LogP contribution in [0, 0.1) is 5.82 Å². The molecule has 0 radical (unpaired) electrons. The second kappa shape index (κ2) is 6.52. The van der Waals surface area contributed by atoms with Crippen LogP contribution in [0.1, 0.15) is 12.8 Å². The molecule has 0 aliphatic carbocycles. The summed E-state index contributed by atoms with van der Waals surface area (Å²) in [5.41, 5.74) is 0.944. The number of rotatable bonds is 3. The molecule has 0 aromatic heterocycles. The normalized spacial score (nSPS) is 19.9. The molecule has 1 aliphatic heterocycles. The van der Waals surface area contributed by atoms with Gasteiger partial charge >= 0.3 is 5.97 Å². The number of nitrogens with zero attached hydrogens (tertiary/aromatic N) is 1. The molecule has 1 aromatic rings. The number of carbonyl (C=O) groups is 1. The predicted octanol–water partition coefficient (Wildman–Crippen LogP) is 1.56. The first kappa shape index (κ1) is 13.8. The van der Waals surface area contributed by atoms with Crippen LogP contribution >= 0.6 is 0 Å². The topological polar surface area (TPSA) is 41.6 Å². The lowest BCUT2D eigenvalue weighted by Crippen LogP contribution is -2.41. The summed E-state index contributed by atoms with van der Waals surface area (Å²) in [5, 5.41) is 3.31. The Balaban J connectivity index is 2.16. The van der Waals surface area contributed by atoms with E-state index in [1.54, 1.807) is 12.1 Å². The van der Waals surface area contributed by atoms with E-state index < -0.39 is 0 Å². The van der Waals surface area contributed by atoms with Crippen LogP contribution in [-0.2, 0) is 9.53 Å². The number of hydrogen-bond donors (Lipinski definition) is 1.